The van der Waals surface area contributed by atoms with Crippen molar-refractivity contribution in [1.29, 1.82) is 0 Å². The number of esters is 2. The average Bonchev–Trinajstić information content (AvgIpc) is 2.78. The Morgan fingerprint density at radius 2 is 1.76 bits per heavy atom. The number of benzene rings is 1. The first-order valence-electron chi connectivity index (χ1n) is 10.1. The third-order valence-corrected chi connectivity index (χ3v) is 4.32. The molecule has 1 aromatic heterocycles. The summed E-state index contributed by atoms with van der Waals surface area (Å²) in [6.07, 6.45) is 0.682. The van der Waals surface area contributed by atoms with Gasteiger partial charge in [-0.05, 0) is 31.2 Å². The number of hydrogen-bond donors (Lipinski definition) is 0. The van der Waals surface area contributed by atoms with Crippen LogP contribution in [0.4, 0.5) is 4.39 Å². The monoisotopic (exact) mass is 463 g/mol. The maximum atomic E-state index is 13.0. The summed E-state index contributed by atoms with van der Waals surface area (Å²) in [5, 5.41) is 0. The number of hydrogen-bond acceptors (Lipinski definition) is 9. The molecule has 0 unspecified atom stereocenters. The predicted molar refractivity (Wildman–Crippen MR) is 114 cm³/mol. The van der Waals surface area contributed by atoms with Crippen molar-refractivity contribution < 1.29 is 42.5 Å². The average molecular weight is 463 g/mol. The van der Waals surface area contributed by atoms with Crippen LogP contribution in [0.15, 0.2) is 36.5 Å². The summed E-state index contributed by atoms with van der Waals surface area (Å²) in [6, 6.07) is 6.95. The lowest BCUT2D eigenvalue weighted by Gasteiger charge is -2.17. The Hall–Kier alpha value is -3.69. The predicted octanol–water partition coefficient (Wildman–Crippen LogP) is 3.35. The number of nitrogens with zero attached hydrogens (tertiary/aromatic N) is 1. The maximum absolute atomic E-state index is 13.0. The van der Waals surface area contributed by atoms with E-state index in [-0.39, 0.29) is 36.0 Å². The number of pyridine rings is 1. The molecular formula is C23H26FNO8. The minimum atomic E-state index is -0.773. The zero-order valence-electron chi connectivity index (χ0n) is 18.8. The highest BCUT2D eigenvalue weighted by atomic mass is 19.1. The normalized spacial score (nSPS) is 12.3. The molecule has 0 fully saturated rings. The number of carbonyl (C=O) groups is 3. The molecule has 0 aliphatic rings. The highest BCUT2D eigenvalue weighted by Crippen LogP contribution is 2.31. The minimum Gasteiger partial charge on any atom is -0.493 e. The van der Waals surface area contributed by atoms with Crippen molar-refractivity contribution in [3.05, 3.63) is 48.0 Å². The molecule has 33 heavy (non-hydrogen) atoms. The van der Waals surface area contributed by atoms with Crippen LogP contribution in [0.25, 0.3) is 0 Å². The SMILES string of the molecule is COc1ccnc(C(=O)C[C@@H](C)C(=O)OC[C@H](C)Oc2ccc(F)cc2)c1OCOC(C)=O. The van der Waals surface area contributed by atoms with Crippen LogP contribution in [0.2, 0.25) is 0 Å². The van der Waals surface area contributed by atoms with Crippen LogP contribution in [-0.2, 0) is 19.1 Å². The van der Waals surface area contributed by atoms with Crippen LogP contribution in [0, 0.1) is 11.7 Å². The third-order valence-electron chi connectivity index (χ3n) is 4.32. The highest BCUT2D eigenvalue weighted by molar-refractivity contribution is 5.99. The van der Waals surface area contributed by atoms with Crippen LogP contribution < -0.4 is 14.2 Å². The van der Waals surface area contributed by atoms with E-state index in [4.69, 9.17) is 23.7 Å². The van der Waals surface area contributed by atoms with Gasteiger partial charge in [0.15, 0.2) is 23.0 Å². The molecule has 1 heterocycles. The summed E-state index contributed by atoms with van der Waals surface area (Å²) in [6.45, 7) is 3.98. The number of halogens is 1. The number of methoxy groups -OCH3 is 1. The number of aromatic nitrogens is 1. The van der Waals surface area contributed by atoms with Crippen LogP contribution in [0.5, 0.6) is 17.2 Å². The number of Topliss-reactive ketones (excluding diaryl/α,β-unsaturated/α-hetero) is 1. The Morgan fingerprint density at radius 1 is 1.06 bits per heavy atom. The van der Waals surface area contributed by atoms with Crippen molar-refractivity contribution in [3.8, 4) is 17.2 Å². The van der Waals surface area contributed by atoms with E-state index in [0.29, 0.717) is 5.75 Å². The second-order valence-electron chi connectivity index (χ2n) is 7.13. The standard InChI is InChI=1S/C23H26FNO8/c1-14(23(28)30-12-15(2)33-18-7-5-17(24)6-8-18)11-19(27)21-22(32-13-31-16(3)26)20(29-4)9-10-25-21/h5-10,14-15H,11-13H2,1-4H3/t14-,15+/m1/s1. The fourth-order valence-corrected chi connectivity index (χ4v) is 2.68. The first-order chi connectivity index (χ1) is 15.7. The van der Waals surface area contributed by atoms with E-state index in [2.05, 4.69) is 4.98 Å². The highest BCUT2D eigenvalue weighted by Gasteiger charge is 2.25. The third kappa shape index (κ3) is 8.06. The van der Waals surface area contributed by atoms with E-state index >= 15 is 0 Å². The molecule has 0 spiro atoms. The molecule has 10 heteroatoms. The summed E-state index contributed by atoms with van der Waals surface area (Å²) in [5.74, 6) is -2.12. The number of ether oxygens (including phenoxy) is 5. The Bertz CT molecular complexity index is 963. The summed E-state index contributed by atoms with van der Waals surface area (Å²) in [4.78, 5) is 40.1. The van der Waals surface area contributed by atoms with Crippen molar-refractivity contribution in [2.24, 2.45) is 5.92 Å². The molecule has 0 saturated carbocycles. The largest absolute Gasteiger partial charge is 0.493 e. The molecule has 1 aromatic carbocycles. The quantitative estimate of drug-likeness (QED) is 0.266. The van der Waals surface area contributed by atoms with Crippen LogP contribution in [-0.4, -0.2) is 49.3 Å². The topological polar surface area (TPSA) is 110 Å². The smallest absolute Gasteiger partial charge is 0.309 e. The van der Waals surface area contributed by atoms with Crippen LogP contribution in [0.1, 0.15) is 37.7 Å². The fraction of sp³-hybridized carbons (Fsp3) is 0.391. The van der Waals surface area contributed by atoms with Gasteiger partial charge >= 0.3 is 11.9 Å². The van der Waals surface area contributed by atoms with Crippen molar-refractivity contribution in [2.75, 3.05) is 20.5 Å². The molecule has 0 amide bonds. The van der Waals surface area contributed by atoms with Gasteiger partial charge in [-0.1, -0.05) is 6.92 Å². The van der Waals surface area contributed by atoms with Crippen molar-refractivity contribution in [2.45, 2.75) is 33.3 Å². The Morgan fingerprint density at radius 3 is 2.39 bits per heavy atom. The van der Waals surface area contributed by atoms with Gasteiger partial charge in [-0.2, -0.15) is 0 Å². The second kappa shape index (κ2) is 12.4. The lowest BCUT2D eigenvalue weighted by atomic mass is 10.0. The first kappa shape index (κ1) is 25.6. The van der Waals surface area contributed by atoms with Gasteiger partial charge in [0.2, 0.25) is 6.79 Å². The van der Waals surface area contributed by atoms with Gasteiger partial charge in [-0.3, -0.25) is 14.4 Å². The summed E-state index contributed by atoms with van der Waals surface area (Å²) >= 11 is 0. The zero-order valence-corrected chi connectivity index (χ0v) is 18.8. The molecule has 0 saturated heterocycles. The molecule has 0 aliphatic carbocycles. The van der Waals surface area contributed by atoms with E-state index in [9.17, 15) is 18.8 Å². The lowest BCUT2D eigenvalue weighted by Crippen LogP contribution is -2.25. The first-order valence-corrected chi connectivity index (χ1v) is 10.1. The molecular weight excluding hydrogens is 437 g/mol. The molecule has 2 rings (SSSR count). The molecule has 9 nitrogen and oxygen atoms in total. The van der Waals surface area contributed by atoms with E-state index in [1.54, 1.807) is 13.8 Å². The van der Waals surface area contributed by atoms with E-state index in [0.717, 1.165) is 0 Å². The maximum Gasteiger partial charge on any atom is 0.309 e. The van der Waals surface area contributed by atoms with Gasteiger partial charge in [0.1, 0.15) is 24.3 Å². The van der Waals surface area contributed by atoms with Crippen molar-refractivity contribution >= 4 is 17.7 Å². The molecule has 178 valence electrons. The van der Waals surface area contributed by atoms with E-state index in [1.807, 2.05) is 0 Å². The van der Waals surface area contributed by atoms with Gasteiger partial charge in [0.05, 0.1) is 13.0 Å². The summed E-state index contributed by atoms with van der Waals surface area (Å²) < 4.78 is 39.1. The van der Waals surface area contributed by atoms with E-state index in [1.165, 1.54) is 50.6 Å². The lowest BCUT2D eigenvalue weighted by molar-refractivity contribution is -0.150. The summed E-state index contributed by atoms with van der Waals surface area (Å²) in [7, 11) is 1.39. The van der Waals surface area contributed by atoms with Gasteiger partial charge in [-0.15, -0.1) is 0 Å². The number of ketones is 1. The molecule has 0 aliphatic heterocycles. The number of rotatable bonds is 12. The molecule has 2 aromatic rings. The van der Waals surface area contributed by atoms with Crippen molar-refractivity contribution in [1.82, 2.24) is 4.98 Å². The molecule has 0 N–H and O–H groups in total. The Kier molecular flexibility index (Phi) is 9.59. The second-order valence-corrected chi connectivity index (χ2v) is 7.13. The van der Waals surface area contributed by atoms with Gasteiger partial charge < -0.3 is 23.7 Å². The Balaban J connectivity index is 1.93. The molecule has 0 bridgehead atoms. The fourth-order valence-electron chi connectivity index (χ4n) is 2.68. The molecule has 0 radical (unpaired) electrons. The van der Waals surface area contributed by atoms with Crippen LogP contribution in [0.3, 0.4) is 0 Å². The van der Waals surface area contributed by atoms with E-state index < -0.39 is 36.5 Å². The van der Waals surface area contributed by atoms with Gasteiger partial charge in [0, 0.05) is 25.6 Å². The van der Waals surface area contributed by atoms with Gasteiger partial charge in [0.25, 0.3) is 0 Å². The van der Waals surface area contributed by atoms with Gasteiger partial charge in [-0.25, -0.2) is 9.37 Å². The van der Waals surface area contributed by atoms with Crippen molar-refractivity contribution in [3.63, 3.8) is 0 Å². The minimum absolute atomic E-state index is 0.00753. The Labute approximate surface area is 190 Å². The molecule has 2 atom stereocenters. The van der Waals surface area contributed by atoms with Crippen LogP contribution >= 0.6 is 0 Å². The summed E-state index contributed by atoms with van der Waals surface area (Å²) in [5.41, 5.74) is -0.0610. The zero-order chi connectivity index (χ0) is 24.4. The number of carbonyl (C=O) groups excluding carboxylic acids is 3.